The first-order valence-corrected chi connectivity index (χ1v) is 6.31. The van der Waals surface area contributed by atoms with Crippen LogP contribution in [0.25, 0.3) is 0 Å². The van der Waals surface area contributed by atoms with Crippen LogP contribution in [0.4, 0.5) is 0 Å². The molecule has 0 N–H and O–H groups in total. The number of benzene rings is 1. The van der Waals surface area contributed by atoms with E-state index < -0.39 is 0 Å². The number of ether oxygens (including phenoxy) is 1. The van der Waals surface area contributed by atoms with Crippen molar-refractivity contribution in [2.45, 2.75) is 44.4 Å². The van der Waals surface area contributed by atoms with Crippen molar-refractivity contribution in [3.8, 4) is 5.75 Å². The standard InChI is InChI=1S/C15H21O/c1-3-12-9-10-15(16-2)14(11-12)13-7-5-4-6-8-13/h9-11,13H,1,3-8H2,2H3. The van der Waals surface area contributed by atoms with E-state index in [1.54, 1.807) is 7.11 Å². The maximum atomic E-state index is 5.48. The van der Waals surface area contributed by atoms with Gasteiger partial charge in [-0.05, 0) is 49.3 Å². The van der Waals surface area contributed by atoms with Gasteiger partial charge in [-0.1, -0.05) is 31.4 Å². The highest BCUT2D eigenvalue weighted by Crippen LogP contribution is 2.37. The second kappa shape index (κ2) is 5.38. The first-order valence-electron chi connectivity index (χ1n) is 6.31. The van der Waals surface area contributed by atoms with Crippen LogP contribution >= 0.6 is 0 Å². The van der Waals surface area contributed by atoms with Crippen LogP contribution in [0.3, 0.4) is 0 Å². The SMILES string of the molecule is [CH2]Cc1ccc(OC)c(C2CCCCC2)c1. The van der Waals surface area contributed by atoms with E-state index in [1.165, 1.54) is 43.2 Å². The zero-order valence-corrected chi connectivity index (χ0v) is 10.2. The molecule has 1 aliphatic rings. The summed E-state index contributed by atoms with van der Waals surface area (Å²) in [5.74, 6) is 1.76. The van der Waals surface area contributed by atoms with E-state index in [-0.39, 0.29) is 0 Å². The lowest BCUT2D eigenvalue weighted by atomic mass is 9.83. The molecule has 0 aromatic heterocycles. The Kier molecular flexibility index (Phi) is 3.87. The van der Waals surface area contributed by atoms with Crippen molar-refractivity contribution in [2.75, 3.05) is 7.11 Å². The Morgan fingerprint density at radius 2 is 2.00 bits per heavy atom. The predicted molar refractivity (Wildman–Crippen MR) is 67.9 cm³/mol. The molecule has 0 unspecified atom stereocenters. The summed E-state index contributed by atoms with van der Waals surface area (Å²) in [6.45, 7) is 3.96. The molecule has 0 atom stereocenters. The third-order valence-electron chi connectivity index (χ3n) is 3.63. The first kappa shape index (κ1) is 11.5. The van der Waals surface area contributed by atoms with Gasteiger partial charge in [-0.2, -0.15) is 0 Å². The summed E-state index contributed by atoms with van der Waals surface area (Å²) in [6, 6.07) is 6.52. The molecule has 1 heteroatoms. The van der Waals surface area contributed by atoms with Crippen LogP contribution in [0.5, 0.6) is 5.75 Å². The summed E-state index contributed by atoms with van der Waals surface area (Å²) < 4.78 is 5.48. The van der Waals surface area contributed by atoms with Gasteiger partial charge in [0, 0.05) is 0 Å². The van der Waals surface area contributed by atoms with Crippen molar-refractivity contribution in [1.82, 2.24) is 0 Å². The van der Waals surface area contributed by atoms with Gasteiger partial charge in [0.1, 0.15) is 5.75 Å². The number of hydrogen-bond donors (Lipinski definition) is 0. The Balaban J connectivity index is 2.27. The third-order valence-corrected chi connectivity index (χ3v) is 3.63. The van der Waals surface area contributed by atoms with Gasteiger partial charge in [-0.15, -0.1) is 0 Å². The molecule has 16 heavy (non-hydrogen) atoms. The zero-order chi connectivity index (χ0) is 11.4. The van der Waals surface area contributed by atoms with Crippen molar-refractivity contribution >= 4 is 0 Å². The molecule has 0 saturated heterocycles. The third kappa shape index (κ3) is 2.40. The number of hydrogen-bond acceptors (Lipinski definition) is 1. The van der Waals surface area contributed by atoms with Gasteiger partial charge < -0.3 is 4.74 Å². The van der Waals surface area contributed by atoms with Crippen LogP contribution < -0.4 is 4.74 Å². The van der Waals surface area contributed by atoms with E-state index in [4.69, 9.17) is 4.74 Å². The molecule has 1 aromatic rings. The van der Waals surface area contributed by atoms with E-state index in [0.717, 1.165) is 12.2 Å². The molecule has 0 aliphatic heterocycles. The fourth-order valence-corrected chi connectivity index (χ4v) is 2.67. The Morgan fingerprint density at radius 1 is 1.25 bits per heavy atom. The average Bonchev–Trinajstić information content (AvgIpc) is 2.39. The molecule has 2 rings (SSSR count). The summed E-state index contributed by atoms with van der Waals surface area (Å²) in [6.07, 6.45) is 7.62. The Bertz CT molecular complexity index is 337. The molecule has 1 nitrogen and oxygen atoms in total. The van der Waals surface area contributed by atoms with Crippen LogP contribution in [0.1, 0.15) is 49.1 Å². The second-order valence-corrected chi connectivity index (χ2v) is 4.66. The molecule has 0 amide bonds. The number of rotatable bonds is 3. The summed E-state index contributed by atoms with van der Waals surface area (Å²) in [5.41, 5.74) is 2.73. The second-order valence-electron chi connectivity index (χ2n) is 4.66. The molecule has 0 spiro atoms. The zero-order valence-electron chi connectivity index (χ0n) is 10.2. The summed E-state index contributed by atoms with van der Waals surface area (Å²) in [5, 5.41) is 0. The van der Waals surface area contributed by atoms with E-state index >= 15 is 0 Å². The molecule has 0 heterocycles. The maximum Gasteiger partial charge on any atom is 0.122 e. The van der Waals surface area contributed by atoms with Crippen LogP contribution in [0.2, 0.25) is 0 Å². The predicted octanol–water partition coefficient (Wildman–Crippen LogP) is 4.12. The minimum absolute atomic E-state index is 0.704. The van der Waals surface area contributed by atoms with Crippen molar-refractivity contribution in [3.05, 3.63) is 36.2 Å². The summed E-state index contributed by atoms with van der Waals surface area (Å²) in [4.78, 5) is 0. The van der Waals surface area contributed by atoms with Crippen molar-refractivity contribution in [3.63, 3.8) is 0 Å². The molecular formula is C15H21O. The van der Waals surface area contributed by atoms with Crippen LogP contribution in [-0.2, 0) is 6.42 Å². The average molecular weight is 217 g/mol. The minimum Gasteiger partial charge on any atom is -0.496 e. The van der Waals surface area contributed by atoms with Crippen LogP contribution in [-0.4, -0.2) is 7.11 Å². The molecule has 87 valence electrons. The molecule has 1 aromatic carbocycles. The van der Waals surface area contributed by atoms with Gasteiger partial charge in [0.15, 0.2) is 0 Å². The monoisotopic (exact) mass is 217 g/mol. The van der Waals surface area contributed by atoms with Crippen molar-refractivity contribution < 1.29 is 4.74 Å². The highest BCUT2D eigenvalue weighted by Gasteiger charge is 2.19. The molecule has 0 bridgehead atoms. The lowest BCUT2D eigenvalue weighted by molar-refractivity contribution is 0.387. The van der Waals surface area contributed by atoms with Gasteiger partial charge in [-0.3, -0.25) is 0 Å². The maximum absolute atomic E-state index is 5.48. The fraction of sp³-hybridized carbons (Fsp3) is 0.533. The Morgan fingerprint density at radius 3 is 2.62 bits per heavy atom. The van der Waals surface area contributed by atoms with Crippen molar-refractivity contribution in [2.24, 2.45) is 0 Å². The lowest BCUT2D eigenvalue weighted by Gasteiger charge is -2.24. The highest BCUT2D eigenvalue weighted by molar-refractivity contribution is 5.40. The summed E-state index contributed by atoms with van der Waals surface area (Å²) in [7, 11) is 1.77. The number of methoxy groups -OCH3 is 1. The van der Waals surface area contributed by atoms with Gasteiger partial charge in [0.25, 0.3) is 0 Å². The topological polar surface area (TPSA) is 9.23 Å². The normalized spacial score (nSPS) is 17.4. The quantitative estimate of drug-likeness (QED) is 0.740. The molecule has 1 saturated carbocycles. The van der Waals surface area contributed by atoms with Crippen LogP contribution in [0, 0.1) is 6.92 Å². The largest absolute Gasteiger partial charge is 0.496 e. The molecular weight excluding hydrogens is 196 g/mol. The van der Waals surface area contributed by atoms with Gasteiger partial charge in [-0.25, -0.2) is 0 Å². The Hall–Kier alpha value is -0.980. The van der Waals surface area contributed by atoms with E-state index in [2.05, 4.69) is 25.1 Å². The van der Waals surface area contributed by atoms with E-state index in [1.807, 2.05) is 0 Å². The smallest absolute Gasteiger partial charge is 0.122 e. The molecule has 1 fully saturated rings. The Labute approximate surface area is 98.8 Å². The van der Waals surface area contributed by atoms with Gasteiger partial charge >= 0.3 is 0 Å². The molecule has 1 radical (unpaired) electrons. The van der Waals surface area contributed by atoms with E-state index in [9.17, 15) is 0 Å². The lowest BCUT2D eigenvalue weighted by Crippen LogP contribution is -2.06. The minimum atomic E-state index is 0.704. The first-order chi connectivity index (χ1) is 7.85. The summed E-state index contributed by atoms with van der Waals surface area (Å²) >= 11 is 0. The van der Waals surface area contributed by atoms with Crippen molar-refractivity contribution in [1.29, 1.82) is 0 Å². The van der Waals surface area contributed by atoms with Gasteiger partial charge in [0.2, 0.25) is 0 Å². The molecule has 1 aliphatic carbocycles. The van der Waals surface area contributed by atoms with Crippen LogP contribution in [0.15, 0.2) is 18.2 Å². The van der Waals surface area contributed by atoms with E-state index in [0.29, 0.717) is 5.92 Å². The highest BCUT2D eigenvalue weighted by atomic mass is 16.5. The fourth-order valence-electron chi connectivity index (χ4n) is 2.67. The van der Waals surface area contributed by atoms with Gasteiger partial charge in [0.05, 0.1) is 7.11 Å².